The van der Waals surface area contributed by atoms with Gasteiger partial charge in [-0.2, -0.15) is 5.10 Å². The highest BCUT2D eigenvalue weighted by atomic mass is 32.2. The molecule has 9 heteroatoms. The average Bonchev–Trinajstić information content (AvgIpc) is 2.65. The quantitative estimate of drug-likeness (QED) is 0.896. The molecule has 1 aromatic heterocycles. The Bertz CT molecular complexity index is 638. The molecular weight excluding hydrogens is 304 g/mol. The third-order valence-electron chi connectivity index (χ3n) is 3.34. The number of aryl methyl sites for hydroxylation is 1. The molecule has 0 aliphatic rings. The number of hydrogen-bond acceptors (Lipinski definition) is 4. The van der Waals surface area contributed by atoms with Gasteiger partial charge in [-0.1, -0.05) is 0 Å². The third-order valence-corrected chi connectivity index (χ3v) is 5.85. The molecule has 1 rings (SSSR count). The first-order valence-corrected chi connectivity index (χ1v) is 7.96. The monoisotopic (exact) mass is 323 g/mol. The topological polar surface area (TPSA) is 81.1 Å². The van der Waals surface area contributed by atoms with Crippen molar-refractivity contribution in [2.45, 2.75) is 44.6 Å². The van der Waals surface area contributed by atoms with Gasteiger partial charge >= 0.3 is 0 Å². The molecule has 1 atom stereocenters. The van der Waals surface area contributed by atoms with Crippen LogP contribution >= 0.6 is 0 Å². The van der Waals surface area contributed by atoms with Gasteiger partial charge in [0.05, 0.1) is 16.6 Å². The van der Waals surface area contributed by atoms with E-state index in [4.69, 9.17) is 0 Å². The van der Waals surface area contributed by atoms with Gasteiger partial charge in [-0.25, -0.2) is 17.2 Å². The van der Waals surface area contributed by atoms with Crippen molar-refractivity contribution < 1.29 is 22.0 Å². The van der Waals surface area contributed by atoms with Gasteiger partial charge in [-0.3, -0.25) is 9.48 Å². The summed E-state index contributed by atoms with van der Waals surface area (Å²) in [4.78, 5) is 12.0. The Hall–Kier alpha value is -1.51. The summed E-state index contributed by atoms with van der Waals surface area (Å²) in [6, 6.07) is 0. The molecule has 6 nitrogen and oxygen atoms in total. The fraction of sp³-hybridized carbons (Fsp3) is 0.667. The predicted molar refractivity (Wildman–Crippen MR) is 75.0 cm³/mol. The van der Waals surface area contributed by atoms with E-state index in [1.54, 1.807) is 0 Å². The first-order chi connectivity index (χ1) is 9.50. The largest absolute Gasteiger partial charge is 0.322 e. The van der Waals surface area contributed by atoms with Gasteiger partial charge in [0.1, 0.15) is 5.25 Å². The van der Waals surface area contributed by atoms with E-state index in [0.717, 1.165) is 0 Å². The summed E-state index contributed by atoms with van der Waals surface area (Å²) in [6.45, 7) is 5.66. The summed E-state index contributed by atoms with van der Waals surface area (Å²) in [5.41, 5.74) is -0.381. The van der Waals surface area contributed by atoms with Crippen molar-refractivity contribution in [1.82, 2.24) is 9.78 Å². The fourth-order valence-electron chi connectivity index (χ4n) is 1.72. The standard InChI is InChI=1S/C12H19F2N3O3S/c1-6(2)21(19,20)8(4)12(18)15-9-7(3)17(5)16-10(9)11(13)14/h6,8,11H,1-5H3,(H,15,18). The van der Waals surface area contributed by atoms with Crippen LogP contribution in [0.3, 0.4) is 0 Å². The molecule has 1 N–H and O–H groups in total. The van der Waals surface area contributed by atoms with Crippen LogP contribution in [0.4, 0.5) is 14.5 Å². The van der Waals surface area contributed by atoms with E-state index in [-0.39, 0.29) is 5.69 Å². The summed E-state index contributed by atoms with van der Waals surface area (Å²) in [7, 11) is -2.20. The fourth-order valence-corrected chi connectivity index (χ4v) is 2.90. The normalized spacial score (nSPS) is 13.8. The summed E-state index contributed by atoms with van der Waals surface area (Å²) in [5.74, 6) is -0.846. The maximum Gasteiger partial charge on any atom is 0.284 e. The van der Waals surface area contributed by atoms with E-state index < -0.39 is 38.4 Å². The Labute approximate surface area is 122 Å². The summed E-state index contributed by atoms with van der Waals surface area (Å²) >= 11 is 0. The second-order valence-corrected chi connectivity index (χ2v) is 7.87. The summed E-state index contributed by atoms with van der Waals surface area (Å²) in [6.07, 6.45) is -2.86. The number of sulfone groups is 1. The maximum absolute atomic E-state index is 12.9. The van der Waals surface area contributed by atoms with Crippen molar-refractivity contribution in [3.05, 3.63) is 11.4 Å². The van der Waals surface area contributed by atoms with Gasteiger partial charge in [0.25, 0.3) is 6.43 Å². The van der Waals surface area contributed by atoms with E-state index in [2.05, 4.69) is 10.4 Å². The Morgan fingerprint density at radius 2 is 1.81 bits per heavy atom. The van der Waals surface area contributed by atoms with Gasteiger partial charge in [0.2, 0.25) is 5.91 Å². The summed E-state index contributed by atoms with van der Waals surface area (Å²) in [5, 5.41) is 3.82. The van der Waals surface area contributed by atoms with Crippen LogP contribution in [-0.2, 0) is 21.7 Å². The molecule has 0 saturated heterocycles. The van der Waals surface area contributed by atoms with E-state index in [1.165, 1.54) is 39.4 Å². The van der Waals surface area contributed by atoms with Crippen molar-refractivity contribution in [3.8, 4) is 0 Å². The first-order valence-electron chi connectivity index (χ1n) is 6.35. The predicted octanol–water partition coefficient (Wildman–Crippen LogP) is 1.82. The number of halogens is 2. The molecule has 0 fully saturated rings. The first kappa shape index (κ1) is 17.5. The van der Waals surface area contributed by atoms with Gasteiger partial charge < -0.3 is 5.32 Å². The van der Waals surface area contributed by atoms with Crippen LogP contribution in [-0.4, -0.2) is 34.6 Å². The highest BCUT2D eigenvalue weighted by Gasteiger charge is 2.32. The third kappa shape index (κ3) is 3.39. The maximum atomic E-state index is 12.9. The molecule has 0 aliphatic heterocycles. The Kier molecular flexibility index (Phi) is 5.08. The number of alkyl halides is 2. The van der Waals surface area contributed by atoms with Crippen LogP contribution in [0, 0.1) is 6.92 Å². The lowest BCUT2D eigenvalue weighted by molar-refractivity contribution is -0.115. The lowest BCUT2D eigenvalue weighted by Gasteiger charge is -2.16. The summed E-state index contributed by atoms with van der Waals surface area (Å²) < 4.78 is 50.9. The van der Waals surface area contributed by atoms with Crippen LogP contribution < -0.4 is 5.32 Å². The Balaban J connectivity index is 3.10. The van der Waals surface area contributed by atoms with E-state index in [1.807, 2.05) is 0 Å². The van der Waals surface area contributed by atoms with Gasteiger partial charge in [-0.15, -0.1) is 0 Å². The van der Waals surface area contributed by atoms with Crippen molar-refractivity contribution in [2.24, 2.45) is 7.05 Å². The zero-order valence-electron chi connectivity index (χ0n) is 12.5. The average molecular weight is 323 g/mol. The van der Waals surface area contributed by atoms with Crippen LogP contribution in [0.5, 0.6) is 0 Å². The molecule has 0 aliphatic carbocycles. The SMILES string of the molecule is Cc1c(NC(=O)C(C)S(=O)(=O)C(C)C)c(C(F)F)nn1C. The second kappa shape index (κ2) is 6.08. The molecule has 0 bridgehead atoms. The molecule has 1 unspecified atom stereocenters. The highest BCUT2D eigenvalue weighted by molar-refractivity contribution is 7.93. The highest BCUT2D eigenvalue weighted by Crippen LogP contribution is 2.29. The Morgan fingerprint density at radius 1 is 1.29 bits per heavy atom. The number of nitrogens with zero attached hydrogens (tertiary/aromatic N) is 2. The molecule has 0 radical (unpaired) electrons. The number of carbonyl (C=O) groups excluding carboxylic acids is 1. The number of aromatic nitrogens is 2. The lowest BCUT2D eigenvalue weighted by atomic mass is 10.3. The number of anilines is 1. The minimum Gasteiger partial charge on any atom is -0.322 e. The number of rotatable bonds is 5. The zero-order valence-corrected chi connectivity index (χ0v) is 13.3. The molecule has 1 amide bonds. The molecule has 0 saturated carbocycles. The number of nitrogens with one attached hydrogen (secondary N) is 1. The van der Waals surface area contributed by atoms with E-state index >= 15 is 0 Å². The smallest absolute Gasteiger partial charge is 0.284 e. The van der Waals surface area contributed by atoms with Crippen LogP contribution in [0.15, 0.2) is 0 Å². The lowest BCUT2D eigenvalue weighted by Crippen LogP contribution is -2.37. The number of hydrogen-bond donors (Lipinski definition) is 1. The van der Waals surface area contributed by atoms with Gasteiger partial charge in [0.15, 0.2) is 15.5 Å². The van der Waals surface area contributed by atoms with Crippen LogP contribution in [0.1, 0.15) is 38.6 Å². The number of carbonyl (C=O) groups is 1. The Morgan fingerprint density at radius 3 is 2.24 bits per heavy atom. The minimum atomic E-state index is -3.66. The molecule has 1 aromatic rings. The molecule has 120 valence electrons. The van der Waals surface area contributed by atoms with Crippen LogP contribution in [0.25, 0.3) is 0 Å². The molecule has 0 aromatic carbocycles. The van der Waals surface area contributed by atoms with Crippen molar-refractivity contribution in [3.63, 3.8) is 0 Å². The molecule has 0 spiro atoms. The second-order valence-electron chi connectivity index (χ2n) is 5.04. The van der Waals surface area contributed by atoms with Gasteiger partial charge in [-0.05, 0) is 27.7 Å². The van der Waals surface area contributed by atoms with Crippen molar-refractivity contribution in [2.75, 3.05) is 5.32 Å². The molecule has 1 heterocycles. The van der Waals surface area contributed by atoms with E-state index in [9.17, 15) is 22.0 Å². The molecule has 21 heavy (non-hydrogen) atoms. The van der Waals surface area contributed by atoms with Gasteiger partial charge in [0, 0.05) is 7.05 Å². The van der Waals surface area contributed by atoms with Crippen molar-refractivity contribution >= 4 is 21.4 Å². The minimum absolute atomic E-state index is 0.136. The number of amides is 1. The van der Waals surface area contributed by atoms with E-state index in [0.29, 0.717) is 5.69 Å². The molecular formula is C12H19F2N3O3S. The van der Waals surface area contributed by atoms with Crippen LogP contribution in [0.2, 0.25) is 0 Å². The zero-order chi connectivity index (χ0) is 16.5. The van der Waals surface area contributed by atoms with Crippen molar-refractivity contribution in [1.29, 1.82) is 0 Å².